The fourth-order valence-corrected chi connectivity index (χ4v) is 3.43. The zero-order valence-electron chi connectivity index (χ0n) is 14.3. The molecule has 4 rings (SSSR count). The lowest BCUT2D eigenvalue weighted by atomic mass is 10.1. The van der Waals surface area contributed by atoms with Gasteiger partial charge >= 0.3 is 6.18 Å². The van der Waals surface area contributed by atoms with Gasteiger partial charge in [0.25, 0.3) is 0 Å². The number of amides is 1. The molecule has 0 fully saturated rings. The standard InChI is InChI=1S/C21H13F4N2O/c22-14-7-8-15-18(10-14)27(17-6-2-5-16(19(15)17)20(26)28)11-12-3-1-4-13(9-12)21(23,24)25/h1-7,9-10H,11H2,(H2,26,28). The lowest BCUT2D eigenvalue weighted by Gasteiger charge is -2.11. The Hall–Kier alpha value is -3.35. The van der Waals surface area contributed by atoms with Gasteiger partial charge in [-0.05, 0) is 48.0 Å². The maximum Gasteiger partial charge on any atom is 0.416 e. The van der Waals surface area contributed by atoms with Crippen molar-refractivity contribution in [1.82, 2.24) is 4.57 Å². The van der Waals surface area contributed by atoms with Crippen LogP contribution in [0.25, 0.3) is 21.8 Å². The Balaban J connectivity index is 1.97. The van der Waals surface area contributed by atoms with Gasteiger partial charge < -0.3 is 10.3 Å². The molecule has 141 valence electrons. The van der Waals surface area contributed by atoms with Crippen molar-refractivity contribution >= 4 is 27.7 Å². The number of halogens is 4. The number of fused-ring (bicyclic) bond motifs is 3. The third-order valence-corrected chi connectivity index (χ3v) is 4.62. The summed E-state index contributed by atoms with van der Waals surface area (Å²) < 4.78 is 54.6. The van der Waals surface area contributed by atoms with Gasteiger partial charge in [-0.1, -0.05) is 18.2 Å². The highest BCUT2D eigenvalue weighted by atomic mass is 19.4. The van der Waals surface area contributed by atoms with E-state index in [1.54, 1.807) is 28.8 Å². The summed E-state index contributed by atoms with van der Waals surface area (Å²) in [6.07, 6.45) is -4.46. The molecule has 0 aliphatic heterocycles. The van der Waals surface area contributed by atoms with Gasteiger partial charge in [0.2, 0.25) is 5.91 Å². The minimum Gasteiger partial charge on any atom is -0.366 e. The molecule has 0 aliphatic carbocycles. The summed E-state index contributed by atoms with van der Waals surface area (Å²) in [6.45, 7) is 0.0590. The quantitative estimate of drug-likeness (QED) is 0.501. The fraction of sp³-hybridized carbons (Fsp3) is 0.0952. The average molecular weight is 385 g/mol. The molecule has 4 aromatic rings. The largest absolute Gasteiger partial charge is 0.416 e. The molecule has 28 heavy (non-hydrogen) atoms. The van der Waals surface area contributed by atoms with E-state index in [9.17, 15) is 22.4 Å². The first-order valence-electron chi connectivity index (χ1n) is 8.34. The van der Waals surface area contributed by atoms with E-state index >= 15 is 0 Å². The minimum absolute atomic E-state index is 0.0590. The summed E-state index contributed by atoms with van der Waals surface area (Å²) in [5, 5.41) is 0.981. The van der Waals surface area contributed by atoms with Gasteiger partial charge in [0.05, 0.1) is 16.6 Å². The lowest BCUT2D eigenvalue weighted by molar-refractivity contribution is -0.137. The molecule has 1 aromatic heterocycles. The molecule has 7 heteroatoms. The monoisotopic (exact) mass is 385 g/mol. The summed E-state index contributed by atoms with van der Waals surface area (Å²) >= 11 is 0. The molecule has 0 saturated heterocycles. The van der Waals surface area contributed by atoms with Crippen LogP contribution in [0.5, 0.6) is 0 Å². The van der Waals surface area contributed by atoms with Gasteiger partial charge in [0, 0.05) is 22.9 Å². The fourth-order valence-electron chi connectivity index (χ4n) is 3.43. The Morgan fingerprint density at radius 3 is 2.54 bits per heavy atom. The van der Waals surface area contributed by atoms with Crippen molar-refractivity contribution in [3.05, 3.63) is 83.2 Å². The predicted molar refractivity (Wildman–Crippen MR) is 97.3 cm³/mol. The minimum atomic E-state index is -4.46. The van der Waals surface area contributed by atoms with Crippen LogP contribution in [0.15, 0.2) is 54.6 Å². The van der Waals surface area contributed by atoms with Gasteiger partial charge in [-0.25, -0.2) is 4.39 Å². The zero-order valence-corrected chi connectivity index (χ0v) is 14.3. The van der Waals surface area contributed by atoms with Crippen LogP contribution < -0.4 is 5.73 Å². The SMILES string of the molecule is NC(=O)c1cccc2c1c1[c]cc(F)cc1n2Cc1cccc(C(F)(F)F)c1. The third kappa shape index (κ3) is 2.98. The molecular weight excluding hydrogens is 372 g/mol. The summed E-state index contributed by atoms with van der Waals surface area (Å²) in [7, 11) is 0. The topological polar surface area (TPSA) is 48.0 Å². The van der Waals surface area contributed by atoms with E-state index in [4.69, 9.17) is 5.73 Å². The van der Waals surface area contributed by atoms with Crippen molar-refractivity contribution < 1.29 is 22.4 Å². The Morgan fingerprint density at radius 2 is 1.82 bits per heavy atom. The number of nitrogens with zero attached hydrogens (tertiary/aromatic N) is 1. The van der Waals surface area contributed by atoms with Gasteiger partial charge in [-0.15, -0.1) is 0 Å². The average Bonchev–Trinajstić information content (AvgIpc) is 2.94. The lowest BCUT2D eigenvalue weighted by Crippen LogP contribution is -2.11. The van der Waals surface area contributed by atoms with Crippen LogP contribution in [0.1, 0.15) is 21.5 Å². The predicted octanol–water partition coefficient (Wildman–Crippen LogP) is 4.90. The van der Waals surface area contributed by atoms with Crippen LogP contribution in [-0.2, 0) is 12.7 Å². The number of benzene rings is 3. The molecule has 0 aliphatic rings. The molecule has 0 atom stereocenters. The Morgan fingerprint density at radius 1 is 1.07 bits per heavy atom. The van der Waals surface area contributed by atoms with Crippen molar-refractivity contribution in [2.45, 2.75) is 12.7 Å². The van der Waals surface area contributed by atoms with E-state index in [0.29, 0.717) is 27.4 Å². The second-order valence-corrected chi connectivity index (χ2v) is 6.43. The van der Waals surface area contributed by atoms with E-state index in [1.165, 1.54) is 12.1 Å². The van der Waals surface area contributed by atoms with Crippen LogP contribution in [0.4, 0.5) is 17.6 Å². The second-order valence-electron chi connectivity index (χ2n) is 6.43. The van der Waals surface area contributed by atoms with Crippen LogP contribution in [0.2, 0.25) is 0 Å². The molecule has 3 aromatic carbocycles. The number of hydrogen-bond acceptors (Lipinski definition) is 1. The third-order valence-electron chi connectivity index (χ3n) is 4.62. The van der Waals surface area contributed by atoms with Crippen molar-refractivity contribution in [2.24, 2.45) is 5.73 Å². The van der Waals surface area contributed by atoms with Crippen LogP contribution >= 0.6 is 0 Å². The molecule has 0 saturated carbocycles. The van der Waals surface area contributed by atoms with Crippen molar-refractivity contribution in [3.8, 4) is 0 Å². The molecule has 2 N–H and O–H groups in total. The van der Waals surface area contributed by atoms with Crippen LogP contribution in [0.3, 0.4) is 0 Å². The molecule has 3 nitrogen and oxygen atoms in total. The highest BCUT2D eigenvalue weighted by Gasteiger charge is 2.30. The number of alkyl halides is 3. The Labute approximate surface area is 157 Å². The number of carbonyl (C=O) groups is 1. The number of aromatic nitrogens is 1. The maximum absolute atomic E-state index is 13.9. The molecule has 0 bridgehead atoms. The van der Waals surface area contributed by atoms with Gasteiger partial charge in [-0.3, -0.25) is 4.79 Å². The summed E-state index contributed by atoms with van der Waals surface area (Å²) in [6, 6.07) is 15.1. The smallest absolute Gasteiger partial charge is 0.366 e. The molecule has 1 heterocycles. The number of nitrogens with two attached hydrogens (primary N) is 1. The van der Waals surface area contributed by atoms with Crippen molar-refractivity contribution in [1.29, 1.82) is 0 Å². The first kappa shape index (κ1) is 18.0. The molecular formula is C21H13F4N2O. The molecule has 1 radical (unpaired) electrons. The molecule has 1 amide bonds. The van der Waals surface area contributed by atoms with E-state index in [1.807, 2.05) is 0 Å². The number of rotatable bonds is 3. The highest BCUT2D eigenvalue weighted by molar-refractivity contribution is 6.17. The maximum atomic E-state index is 13.9. The Bertz CT molecular complexity index is 1220. The summed E-state index contributed by atoms with van der Waals surface area (Å²) in [5.74, 6) is -1.19. The number of hydrogen-bond donors (Lipinski definition) is 1. The van der Waals surface area contributed by atoms with Gasteiger partial charge in [0.1, 0.15) is 5.82 Å². The first-order valence-corrected chi connectivity index (χ1v) is 8.34. The highest BCUT2D eigenvalue weighted by Crippen LogP contribution is 2.34. The molecule has 0 spiro atoms. The van der Waals surface area contributed by atoms with Crippen LogP contribution in [-0.4, -0.2) is 10.5 Å². The Kier molecular flexibility index (Phi) is 4.10. The molecule has 0 unspecified atom stereocenters. The summed E-state index contributed by atoms with van der Waals surface area (Å²) in [4.78, 5) is 11.8. The second kappa shape index (κ2) is 6.37. The van der Waals surface area contributed by atoms with Gasteiger partial charge in [-0.2, -0.15) is 13.2 Å². The van der Waals surface area contributed by atoms with Gasteiger partial charge in [0.15, 0.2) is 0 Å². The summed E-state index contributed by atoms with van der Waals surface area (Å²) in [5.41, 5.74) is 6.32. The number of primary amides is 1. The zero-order chi connectivity index (χ0) is 20.1. The first-order chi connectivity index (χ1) is 13.3. The van der Waals surface area contributed by atoms with E-state index in [0.717, 1.165) is 18.2 Å². The van der Waals surface area contributed by atoms with E-state index < -0.39 is 23.5 Å². The van der Waals surface area contributed by atoms with Crippen molar-refractivity contribution in [3.63, 3.8) is 0 Å². The van der Waals surface area contributed by atoms with Crippen molar-refractivity contribution in [2.75, 3.05) is 0 Å². The van der Waals surface area contributed by atoms with E-state index in [2.05, 4.69) is 6.07 Å². The number of carbonyl (C=O) groups excluding carboxylic acids is 1. The normalized spacial score (nSPS) is 12.0. The van der Waals surface area contributed by atoms with E-state index in [-0.39, 0.29) is 12.1 Å². The van der Waals surface area contributed by atoms with Crippen LogP contribution in [0, 0.1) is 11.9 Å².